The number of rotatable bonds is 5. The molecule has 1 nitrogen and oxygen atoms in total. The maximum Gasteiger partial charge on any atom is 0.141 e. The third-order valence-electron chi connectivity index (χ3n) is 3.58. The van der Waals surface area contributed by atoms with Gasteiger partial charge < -0.3 is 0 Å². The highest BCUT2D eigenvalue weighted by Gasteiger charge is 2.22. The van der Waals surface area contributed by atoms with Gasteiger partial charge in [-0.1, -0.05) is 46.4 Å². The van der Waals surface area contributed by atoms with Gasteiger partial charge in [0.1, 0.15) is 5.82 Å². The molecule has 0 aromatic heterocycles. The summed E-state index contributed by atoms with van der Waals surface area (Å²) in [6.45, 7) is 1.88. The first kappa shape index (κ1) is 14.3. The van der Waals surface area contributed by atoms with Crippen LogP contribution in [0.5, 0.6) is 0 Å². The highest BCUT2D eigenvalue weighted by atomic mass is 79.9. The Morgan fingerprint density at radius 1 is 1.33 bits per heavy atom. The van der Waals surface area contributed by atoms with E-state index >= 15 is 0 Å². The Bertz CT molecular complexity index is 393. The van der Waals surface area contributed by atoms with Crippen molar-refractivity contribution in [1.29, 1.82) is 0 Å². The third-order valence-corrected chi connectivity index (χ3v) is 4.23. The molecule has 1 aromatic rings. The molecule has 1 fully saturated rings. The normalized spacial score (nSPS) is 16.7. The van der Waals surface area contributed by atoms with Crippen molar-refractivity contribution in [2.24, 2.45) is 0 Å². The van der Waals surface area contributed by atoms with Crippen LogP contribution in [-0.4, -0.2) is 22.8 Å². The van der Waals surface area contributed by atoms with Gasteiger partial charge >= 0.3 is 0 Å². The summed E-state index contributed by atoms with van der Waals surface area (Å²) in [6.07, 6.45) is 5.21. The van der Waals surface area contributed by atoms with E-state index in [-0.39, 0.29) is 10.8 Å². The monoisotopic (exact) mass is 333 g/mol. The van der Waals surface area contributed by atoms with Gasteiger partial charge in [-0.2, -0.15) is 0 Å². The first-order valence-corrected chi connectivity index (χ1v) is 7.94. The molecule has 0 aliphatic heterocycles. The van der Waals surface area contributed by atoms with Crippen LogP contribution in [-0.2, 0) is 6.54 Å². The topological polar surface area (TPSA) is 3.24 Å². The molecule has 0 saturated heterocycles. The van der Waals surface area contributed by atoms with E-state index in [1.807, 2.05) is 6.07 Å². The van der Waals surface area contributed by atoms with E-state index in [1.165, 1.54) is 31.7 Å². The molecule has 18 heavy (non-hydrogen) atoms. The molecule has 0 N–H and O–H groups in total. The molecule has 1 aromatic carbocycles. The second kappa shape index (κ2) is 6.88. The molecular formula is C14H18BrClFN. The molecule has 0 bridgehead atoms. The smallest absolute Gasteiger partial charge is 0.141 e. The number of benzene rings is 1. The molecule has 1 aliphatic carbocycles. The molecule has 1 saturated carbocycles. The average molecular weight is 335 g/mol. The van der Waals surface area contributed by atoms with Crippen molar-refractivity contribution >= 4 is 27.5 Å². The van der Waals surface area contributed by atoms with Gasteiger partial charge in [0.05, 0.1) is 5.02 Å². The van der Waals surface area contributed by atoms with Crippen molar-refractivity contribution in [3.63, 3.8) is 0 Å². The van der Waals surface area contributed by atoms with Crippen LogP contribution in [0.1, 0.15) is 31.2 Å². The summed E-state index contributed by atoms with van der Waals surface area (Å²) in [7, 11) is 0. The van der Waals surface area contributed by atoms with Crippen molar-refractivity contribution in [2.45, 2.75) is 38.3 Å². The van der Waals surface area contributed by atoms with E-state index in [0.717, 1.165) is 24.0 Å². The summed E-state index contributed by atoms with van der Waals surface area (Å²) in [5.74, 6) is -0.340. The first-order chi connectivity index (χ1) is 8.70. The van der Waals surface area contributed by atoms with Crippen molar-refractivity contribution in [1.82, 2.24) is 4.90 Å². The van der Waals surface area contributed by atoms with Crippen LogP contribution in [0, 0.1) is 5.82 Å². The quantitative estimate of drug-likeness (QED) is 0.710. The number of hydrogen-bond acceptors (Lipinski definition) is 1. The maximum absolute atomic E-state index is 13.1. The Kier molecular flexibility index (Phi) is 5.46. The second-order valence-electron chi connectivity index (χ2n) is 4.85. The van der Waals surface area contributed by atoms with E-state index in [0.29, 0.717) is 6.04 Å². The van der Waals surface area contributed by atoms with Gasteiger partial charge in [0, 0.05) is 24.5 Å². The summed E-state index contributed by atoms with van der Waals surface area (Å²) in [4.78, 5) is 2.48. The fraction of sp³-hybridized carbons (Fsp3) is 0.571. The van der Waals surface area contributed by atoms with E-state index in [9.17, 15) is 4.39 Å². The fourth-order valence-corrected chi connectivity index (χ4v) is 3.30. The molecule has 0 spiro atoms. The molecule has 4 heteroatoms. The van der Waals surface area contributed by atoms with Crippen molar-refractivity contribution < 1.29 is 4.39 Å². The molecule has 1 aliphatic rings. The second-order valence-corrected chi connectivity index (χ2v) is 6.05. The molecule has 0 unspecified atom stereocenters. The number of halogens is 3. The Hall–Kier alpha value is -0.120. The Labute approximate surface area is 121 Å². The average Bonchev–Trinajstić information content (AvgIpc) is 2.87. The molecule has 2 rings (SSSR count). The lowest BCUT2D eigenvalue weighted by Gasteiger charge is -2.28. The van der Waals surface area contributed by atoms with Gasteiger partial charge in [-0.15, -0.1) is 0 Å². The van der Waals surface area contributed by atoms with E-state index < -0.39 is 0 Å². The molecular weight excluding hydrogens is 317 g/mol. The molecule has 0 heterocycles. The Morgan fingerprint density at radius 2 is 2.06 bits per heavy atom. The van der Waals surface area contributed by atoms with E-state index in [2.05, 4.69) is 20.8 Å². The van der Waals surface area contributed by atoms with Crippen molar-refractivity contribution in [3.8, 4) is 0 Å². The van der Waals surface area contributed by atoms with Crippen molar-refractivity contribution in [3.05, 3.63) is 34.6 Å². The zero-order chi connectivity index (χ0) is 13.0. The van der Waals surface area contributed by atoms with Crippen LogP contribution < -0.4 is 0 Å². The molecule has 0 atom stereocenters. The van der Waals surface area contributed by atoms with Gasteiger partial charge in [0.2, 0.25) is 0 Å². The number of alkyl halides is 1. The van der Waals surface area contributed by atoms with Crippen LogP contribution >= 0.6 is 27.5 Å². The summed E-state index contributed by atoms with van der Waals surface area (Å²) < 4.78 is 13.1. The fourth-order valence-electron chi connectivity index (χ4n) is 2.64. The van der Waals surface area contributed by atoms with E-state index in [1.54, 1.807) is 6.07 Å². The lowest BCUT2D eigenvalue weighted by atomic mass is 10.1. The minimum atomic E-state index is -0.340. The lowest BCUT2D eigenvalue weighted by Crippen LogP contribution is -2.34. The SMILES string of the molecule is Fc1ccc(CN(CCBr)C2CCCC2)cc1Cl. The number of nitrogens with zero attached hydrogens (tertiary/aromatic N) is 1. The summed E-state index contributed by atoms with van der Waals surface area (Å²) in [5, 5.41) is 1.19. The highest BCUT2D eigenvalue weighted by Crippen LogP contribution is 2.26. The van der Waals surface area contributed by atoms with Gasteiger partial charge in [-0.3, -0.25) is 4.90 Å². The van der Waals surface area contributed by atoms with Crippen LogP contribution in [0.15, 0.2) is 18.2 Å². The minimum absolute atomic E-state index is 0.220. The first-order valence-electron chi connectivity index (χ1n) is 6.44. The van der Waals surface area contributed by atoms with Crippen LogP contribution in [0.3, 0.4) is 0 Å². The van der Waals surface area contributed by atoms with Crippen LogP contribution in [0.25, 0.3) is 0 Å². The highest BCUT2D eigenvalue weighted by molar-refractivity contribution is 9.09. The van der Waals surface area contributed by atoms with Gasteiger partial charge in [0.15, 0.2) is 0 Å². The summed E-state index contributed by atoms with van der Waals surface area (Å²) in [6, 6.07) is 5.70. The minimum Gasteiger partial charge on any atom is -0.295 e. The number of hydrogen-bond donors (Lipinski definition) is 0. The largest absolute Gasteiger partial charge is 0.295 e. The Morgan fingerprint density at radius 3 is 2.67 bits per heavy atom. The molecule has 0 radical (unpaired) electrons. The summed E-state index contributed by atoms with van der Waals surface area (Å²) >= 11 is 9.34. The van der Waals surface area contributed by atoms with Crippen LogP contribution in [0.4, 0.5) is 4.39 Å². The van der Waals surface area contributed by atoms with Gasteiger partial charge in [-0.05, 0) is 30.5 Å². The van der Waals surface area contributed by atoms with Gasteiger partial charge in [0.25, 0.3) is 0 Å². The van der Waals surface area contributed by atoms with Gasteiger partial charge in [-0.25, -0.2) is 4.39 Å². The predicted molar refractivity (Wildman–Crippen MR) is 77.9 cm³/mol. The lowest BCUT2D eigenvalue weighted by molar-refractivity contribution is 0.202. The summed E-state index contributed by atoms with van der Waals surface area (Å²) in [5.41, 5.74) is 1.09. The predicted octanol–water partition coefficient (Wildman–Crippen LogP) is 4.62. The zero-order valence-corrected chi connectivity index (χ0v) is 12.7. The van der Waals surface area contributed by atoms with E-state index in [4.69, 9.17) is 11.6 Å². The molecule has 0 amide bonds. The standard InChI is InChI=1S/C14H18BrClFN/c15-7-8-18(12-3-1-2-4-12)10-11-5-6-14(17)13(16)9-11/h5-6,9,12H,1-4,7-8,10H2. The molecule has 100 valence electrons. The Balaban J connectivity index is 2.04. The third kappa shape index (κ3) is 3.69. The zero-order valence-electron chi connectivity index (χ0n) is 10.3. The van der Waals surface area contributed by atoms with Crippen molar-refractivity contribution in [2.75, 3.05) is 11.9 Å². The maximum atomic E-state index is 13.1. The van der Waals surface area contributed by atoms with Crippen LogP contribution in [0.2, 0.25) is 5.02 Å².